The molecule has 126 valence electrons. The quantitative estimate of drug-likeness (QED) is 0.886. The summed E-state index contributed by atoms with van der Waals surface area (Å²) in [4.78, 5) is 30.4. The molecule has 0 unspecified atom stereocenters. The Labute approximate surface area is 143 Å². The highest BCUT2D eigenvalue weighted by molar-refractivity contribution is 7.10. The molecule has 0 saturated carbocycles. The molecule has 8 nitrogen and oxygen atoms in total. The van der Waals surface area contributed by atoms with Gasteiger partial charge in [-0.05, 0) is 30.9 Å². The van der Waals surface area contributed by atoms with Gasteiger partial charge in [0.05, 0.1) is 6.04 Å². The molecule has 2 aromatic rings. The van der Waals surface area contributed by atoms with E-state index in [1.165, 1.54) is 7.05 Å². The second-order valence-corrected chi connectivity index (χ2v) is 6.21. The highest BCUT2D eigenvalue weighted by Gasteiger charge is 2.29. The summed E-state index contributed by atoms with van der Waals surface area (Å²) in [6.07, 6.45) is 6.42. The highest BCUT2D eigenvalue weighted by Crippen LogP contribution is 2.31. The Kier molecular flexibility index (Phi) is 4.99. The van der Waals surface area contributed by atoms with Crippen molar-refractivity contribution < 1.29 is 9.59 Å². The van der Waals surface area contributed by atoms with Crippen molar-refractivity contribution in [1.82, 2.24) is 24.8 Å². The fourth-order valence-electron chi connectivity index (χ4n) is 2.80. The molecule has 3 heterocycles. The number of nitrogens with one attached hydrogen (secondary N) is 2. The third-order valence-corrected chi connectivity index (χ3v) is 4.62. The van der Waals surface area contributed by atoms with E-state index in [4.69, 9.17) is 0 Å². The molecule has 0 aliphatic carbocycles. The zero-order valence-electron chi connectivity index (χ0n) is 13.2. The van der Waals surface area contributed by atoms with Crippen LogP contribution in [0.5, 0.6) is 0 Å². The molecular weight excluding hydrogens is 328 g/mol. The summed E-state index contributed by atoms with van der Waals surface area (Å²) < 4.78 is 3.75. The van der Waals surface area contributed by atoms with E-state index >= 15 is 0 Å². The number of nitrogens with zero attached hydrogens (tertiary/aromatic N) is 4. The first-order chi connectivity index (χ1) is 11.7. The fourth-order valence-corrected chi connectivity index (χ4v) is 3.36. The van der Waals surface area contributed by atoms with Crippen molar-refractivity contribution in [2.45, 2.75) is 25.3 Å². The number of aromatic nitrogens is 3. The molecule has 0 bridgehead atoms. The van der Waals surface area contributed by atoms with Gasteiger partial charge in [0, 0.05) is 37.5 Å². The molecule has 0 radical (unpaired) electrons. The van der Waals surface area contributed by atoms with Crippen LogP contribution in [0, 0.1) is 0 Å². The third-order valence-electron chi connectivity index (χ3n) is 3.98. The number of likely N-dealkylation sites (tertiary alicyclic amines) is 1. The zero-order chi connectivity index (χ0) is 16.9. The maximum atomic E-state index is 12.7. The zero-order valence-corrected chi connectivity index (χ0v) is 14.0. The molecule has 3 amide bonds. The molecule has 0 spiro atoms. The van der Waals surface area contributed by atoms with Gasteiger partial charge in [0.1, 0.15) is 0 Å². The molecule has 1 aliphatic heterocycles. The first kappa shape index (κ1) is 16.3. The minimum Gasteiger partial charge on any atom is -0.354 e. The minimum atomic E-state index is -0.374. The first-order valence-electron chi connectivity index (χ1n) is 7.72. The van der Waals surface area contributed by atoms with Gasteiger partial charge in [-0.3, -0.25) is 15.1 Å². The van der Waals surface area contributed by atoms with Crippen LogP contribution < -0.4 is 10.6 Å². The summed E-state index contributed by atoms with van der Waals surface area (Å²) in [7, 11) is 1.51. The number of amides is 3. The van der Waals surface area contributed by atoms with Gasteiger partial charge in [0.15, 0.2) is 10.7 Å². The topological polar surface area (TPSA) is 100 Å². The number of rotatable bonds is 3. The van der Waals surface area contributed by atoms with E-state index < -0.39 is 0 Å². The van der Waals surface area contributed by atoms with Gasteiger partial charge in [-0.1, -0.05) is 10.6 Å². The molecule has 2 aromatic heterocycles. The molecular formula is C15H18N6O2S. The lowest BCUT2D eigenvalue weighted by molar-refractivity contribution is 0.0959. The highest BCUT2D eigenvalue weighted by atomic mass is 32.1. The summed E-state index contributed by atoms with van der Waals surface area (Å²) in [5, 5.41) is 9.39. The van der Waals surface area contributed by atoms with Crippen molar-refractivity contribution in [3.63, 3.8) is 0 Å². The normalized spacial score (nSPS) is 17.4. The summed E-state index contributed by atoms with van der Waals surface area (Å²) in [6.45, 7) is 0.660. The monoisotopic (exact) mass is 346 g/mol. The molecule has 1 atom stereocenters. The Morgan fingerprint density at radius 2 is 2.25 bits per heavy atom. The SMILES string of the molecule is CNC(=O)c1nnsc1NC(=O)N1CCCC[C@H]1c1cccnc1. The van der Waals surface area contributed by atoms with E-state index in [0.717, 1.165) is 36.4 Å². The number of urea groups is 1. The van der Waals surface area contributed by atoms with Crippen molar-refractivity contribution in [2.75, 3.05) is 18.9 Å². The van der Waals surface area contributed by atoms with Crippen molar-refractivity contribution in [2.24, 2.45) is 0 Å². The van der Waals surface area contributed by atoms with Gasteiger partial charge in [-0.2, -0.15) is 0 Å². The van der Waals surface area contributed by atoms with Gasteiger partial charge in [0.25, 0.3) is 5.91 Å². The van der Waals surface area contributed by atoms with Crippen LogP contribution in [0.4, 0.5) is 9.80 Å². The van der Waals surface area contributed by atoms with Gasteiger partial charge < -0.3 is 10.2 Å². The molecule has 2 N–H and O–H groups in total. The van der Waals surface area contributed by atoms with E-state index in [2.05, 4.69) is 25.2 Å². The van der Waals surface area contributed by atoms with E-state index in [9.17, 15) is 9.59 Å². The van der Waals surface area contributed by atoms with E-state index in [1.54, 1.807) is 17.3 Å². The second kappa shape index (κ2) is 7.35. The van der Waals surface area contributed by atoms with Crippen molar-refractivity contribution in [3.05, 3.63) is 35.8 Å². The van der Waals surface area contributed by atoms with Crippen LogP contribution in [0.3, 0.4) is 0 Å². The lowest BCUT2D eigenvalue weighted by Crippen LogP contribution is -2.41. The smallest absolute Gasteiger partial charge is 0.323 e. The van der Waals surface area contributed by atoms with E-state index in [-0.39, 0.29) is 23.7 Å². The lowest BCUT2D eigenvalue weighted by atomic mass is 9.97. The Bertz CT molecular complexity index is 720. The van der Waals surface area contributed by atoms with Crippen molar-refractivity contribution >= 4 is 28.5 Å². The number of carbonyl (C=O) groups excluding carboxylic acids is 2. The van der Waals surface area contributed by atoms with Gasteiger partial charge in [-0.25, -0.2) is 4.79 Å². The molecule has 24 heavy (non-hydrogen) atoms. The van der Waals surface area contributed by atoms with Crippen LogP contribution in [-0.2, 0) is 0 Å². The molecule has 1 aliphatic rings. The average Bonchev–Trinajstić information content (AvgIpc) is 3.10. The second-order valence-electron chi connectivity index (χ2n) is 5.45. The maximum Gasteiger partial charge on any atom is 0.323 e. The molecule has 9 heteroatoms. The Morgan fingerprint density at radius 1 is 1.38 bits per heavy atom. The standard InChI is InChI=1S/C15H18N6O2S/c1-16-13(22)12-14(24-20-19-12)18-15(23)21-8-3-2-6-11(21)10-5-4-7-17-9-10/h4-5,7,9,11H,2-3,6,8H2,1H3,(H,16,22)(H,18,23)/t11-/m0/s1. The van der Waals surface area contributed by atoms with Crippen LogP contribution >= 0.6 is 11.5 Å². The van der Waals surface area contributed by atoms with Crippen LogP contribution in [-0.4, -0.2) is 45.0 Å². The van der Waals surface area contributed by atoms with Crippen LogP contribution in [0.1, 0.15) is 41.4 Å². The average molecular weight is 346 g/mol. The Hall–Kier alpha value is -2.55. The van der Waals surface area contributed by atoms with Gasteiger partial charge in [0.2, 0.25) is 0 Å². The molecule has 3 rings (SSSR count). The van der Waals surface area contributed by atoms with Crippen LogP contribution in [0.15, 0.2) is 24.5 Å². The molecule has 1 fully saturated rings. The summed E-state index contributed by atoms with van der Waals surface area (Å²) >= 11 is 0.990. The number of hydrogen-bond donors (Lipinski definition) is 2. The van der Waals surface area contributed by atoms with Crippen LogP contribution in [0.25, 0.3) is 0 Å². The number of carbonyl (C=O) groups is 2. The summed E-state index contributed by atoms with van der Waals surface area (Å²) in [5.74, 6) is -0.374. The minimum absolute atomic E-state index is 0.0169. The Morgan fingerprint density at radius 3 is 3.00 bits per heavy atom. The van der Waals surface area contributed by atoms with Crippen LogP contribution in [0.2, 0.25) is 0 Å². The summed E-state index contributed by atoms with van der Waals surface area (Å²) in [5.41, 5.74) is 1.15. The number of piperidine rings is 1. The Balaban J connectivity index is 1.78. The number of pyridine rings is 1. The van der Waals surface area contributed by atoms with Gasteiger partial charge in [-0.15, -0.1) is 5.10 Å². The largest absolute Gasteiger partial charge is 0.354 e. The predicted molar refractivity (Wildman–Crippen MR) is 89.9 cm³/mol. The van der Waals surface area contributed by atoms with Crippen molar-refractivity contribution in [3.8, 4) is 0 Å². The maximum absolute atomic E-state index is 12.7. The van der Waals surface area contributed by atoms with Gasteiger partial charge >= 0.3 is 6.03 Å². The number of hydrogen-bond acceptors (Lipinski definition) is 6. The third kappa shape index (κ3) is 3.35. The van der Waals surface area contributed by atoms with E-state index in [0.29, 0.717) is 11.5 Å². The summed E-state index contributed by atoms with van der Waals surface area (Å²) in [6, 6.07) is 3.58. The lowest BCUT2D eigenvalue weighted by Gasteiger charge is -2.35. The van der Waals surface area contributed by atoms with Crippen molar-refractivity contribution in [1.29, 1.82) is 0 Å². The molecule has 0 aromatic carbocycles. The fraction of sp³-hybridized carbons (Fsp3) is 0.400. The predicted octanol–water partition coefficient (Wildman–Crippen LogP) is 2.05. The van der Waals surface area contributed by atoms with E-state index in [1.807, 2.05) is 12.1 Å². The number of anilines is 1. The molecule has 1 saturated heterocycles. The first-order valence-corrected chi connectivity index (χ1v) is 8.50.